The van der Waals surface area contributed by atoms with Gasteiger partial charge in [-0.3, -0.25) is 9.59 Å². The molecule has 2 N–H and O–H groups in total. The topological polar surface area (TPSA) is 66.4 Å². The lowest BCUT2D eigenvalue weighted by molar-refractivity contribution is -0.151. The number of nitrogens with one attached hydrogen (secondary N) is 1. The van der Waals surface area contributed by atoms with Crippen molar-refractivity contribution in [1.29, 1.82) is 0 Å². The summed E-state index contributed by atoms with van der Waals surface area (Å²) in [7, 11) is 0. The predicted octanol–water partition coefficient (Wildman–Crippen LogP) is 3.81. The number of amides is 1. The first-order valence-corrected chi connectivity index (χ1v) is 8.98. The van der Waals surface area contributed by atoms with Crippen molar-refractivity contribution in [3.63, 3.8) is 0 Å². The molecule has 1 amide bonds. The van der Waals surface area contributed by atoms with Gasteiger partial charge in [-0.25, -0.2) is 0 Å². The highest BCUT2D eigenvalue weighted by molar-refractivity contribution is 7.98. The van der Waals surface area contributed by atoms with Gasteiger partial charge in [0.1, 0.15) is 0 Å². The van der Waals surface area contributed by atoms with Crippen molar-refractivity contribution in [3.05, 3.63) is 29.8 Å². The zero-order valence-corrected chi connectivity index (χ0v) is 14.3. The third-order valence-electron chi connectivity index (χ3n) is 4.14. The van der Waals surface area contributed by atoms with Crippen molar-refractivity contribution < 1.29 is 14.7 Å². The van der Waals surface area contributed by atoms with Crippen molar-refractivity contribution in [3.8, 4) is 0 Å². The van der Waals surface area contributed by atoms with E-state index in [4.69, 9.17) is 0 Å². The Hall–Kier alpha value is -1.49. The van der Waals surface area contributed by atoms with Crippen LogP contribution < -0.4 is 5.32 Å². The van der Waals surface area contributed by atoms with Crippen LogP contribution in [0.4, 0.5) is 5.69 Å². The molecule has 22 heavy (non-hydrogen) atoms. The van der Waals surface area contributed by atoms with E-state index in [-0.39, 0.29) is 12.3 Å². The Balaban J connectivity index is 2.66. The zero-order chi connectivity index (χ0) is 16.6. The number of hydrogen-bond acceptors (Lipinski definition) is 3. The average molecular weight is 323 g/mol. The van der Waals surface area contributed by atoms with Crippen LogP contribution in [0.3, 0.4) is 0 Å². The van der Waals surface area contributed by atoms with E-state index in [1.165, 1.54) is 5.56 Å². The molecule has 0 aliphatic carbocycles. The minimum atomic E-state index is -0.970. The number of carbonyl (C=O) groups excluding carboxylic acids is 1. The number of aryl methyl sites for hydroxylation is 1. The number of rotatable bonds is 9. The van der Waals surface area contributed by atoms with E-state index in [9.17, 15) is 14.7 Å². The lowest BCUT2D eigenvalue weighted by atomic mass is 9.79. The predicted molar refractivity (Wildman–Crippen MR) is 92.4 cm³/mol. The van der Waals surface area contributed by atoms with Gasteiger partial charge >= 0.3 is 5.97 Å². The van der Waals surface area contributed by atoms with Crippen LogP contribution in [-0.4, -0.2) is 29.0 Å². The number of aliphatic carboxylic acids is 1. The first-order valence-electron chi connectivity index (χ1n) is 7.58. The molecule has 1 aromatic rings. The smallest absolute Gasteiger partial charge is 0.310 e. The summed E-state index contributed by atoms with van der Waals surface area (Å²) < 4.78 is 0. The van der Waals surface area contributed by atoms with E-state index >= 15 is 0 Å². The van der Waals surface area contributed by atoms with Gasteiger partial charge in [0.05, 0.1) is 5.41 Å². The second-order valence-corrected chi connectivity index (χ2v) is 6.44. The van der Waals surface area contributed by atoms with Crippen LogP contribution in [0.15, 0.2) is 24.3 Å². The minimum Gasteiger partial charge on any atom is -0.481 e. The Kier molecular flexibility index (Phi) is 7.45. The maximum atomic E-state index is 12.1. The van der Waals surface area contributed by atoms with Gasteiger partial charge in [0.25, 0.3) is 0 Å². The highest BCUT2D eigenvalue weighted by atomic mass is 32.2. The molecule has 4 nitrogen and oxygen atoms in total. The van der Waals surface area contributed by atoms with Gasteiger partial charge < -0.3 is 10.4 Å². The van der Waals surface area contributed by atoms with Crippen molar-refractivity contribution in [2.75, 3.05) is 17.3 Å². The first kappa shape index (κ1) is 18.6. The first-order chi connectivity index (χ1) is 10.5. The summed E-state index contributed by atoms with van der Waals surface area (Å²) in [6.45, 7) is 3.62. The highest BCUT2D eigenvalue weighted by Crippen LogP contribution is 2.31. The van der Waals surface area contributed by atoms with Crippen LogP contribution in [0, 0.1) is 5.41 Å². The summed E-state index contributed by atoms with van der Waals surface area (Å²) in [6.07, 6.45) is 3.97. The second kappa shape index (κ2) is 8.83. The van der Waals surface area contributed by atoms with Gasteiger partial charge in [0.2, 0.25) is 5.91 Å². The molecule has 0 fully saturated rings. The van der Waals surface area contributed by atoms with Crippen molar-refractivity contribution in [1.82, 2.24) is 0 Å². The van der Waals surface area contributed by atoms with E-state index in [1.807, 2.05) is 38.1 Å². The Morgan fingerprint density at radius 3 is 2.23 bits per heavy atom. The van der Waals surface area contributed by atoms with Gasteiger partial charge in [-0.2, -0.15) is 11.8 Å². The molecule has 1 aromatic carbocycles. The summed E-state index contributed by atoms with van der Waals surface area (Å²) in [4.78, 5) is 23.6. The Morgan fingerprint density at radius 2 is 1.77 bits per heavy atom. The number of benzene rings is 1. The maximum absolute atomic E-state index is 12.1. The van der Waals surface area contributed by atoms with Gasteiger partial charge in [0.15, 0.2) is 0 Å². The fraction of sp³-hybridized carbons (Fsp3) is 0.529. The monoisotopic (exact) mass is 323 g/mol. The summed E-state index contributed by atoms with van der Waals surface area (Å²) in [5, 5.41) is 12.2. The summed E-state index contributed by atoms with van der Waals surface area (Å²) in [6, 6.07) is 7.73. The van der Waals surface area contributed by atoms with Gasteiger partial charge in [-0.05, 0) is 49.0 Å². The zero-order valence-electron chi connectivity index (χ0n) is 13.5. The number of hydrogen-bond donors (Lipinski definition) is 2. The van der Waals surface area contributed by atoms with E-state index in [0.717, 1.165) is 12.2 Å². The third kappa shape index (κ3) is 5.05. The second-order valence-electron chi connectivity index (χ2n) is 5.46. The highest BCUT2D eigenvalue weighted by Gasteiger charge is 2.37. The lowest BCUT2D eigenvalue weighted by Gasteiger charge is -2.25. The molecular formula is C17H25NO3S. The standard InChI is InChI=1S/C17H25NO3S/c1-4-17(5-2,16(20)21)12-15(19)18-14-8-6-13(7-9-14)10-11-22-3/h6-9H,4-5,10-12H2,1-3H3,(H,18,19)(H,20,21). The van der Waals surface area contributed by atoms with E-state index < -0.39 is 11.4 Å². The van der Waals surface area contributed by atoms with Crippen LogP contribution in [0.25, 0.3) is 0 Å². The Bertz CT molecular complexity index is 495. The lowest BCUT2D eigenvalue weighted by Crippen LogP contribution is -2.34. The molecule has 0 saturated heterocycles. The summed E-state index contributed by atoms with van der Waals surface area (Å²) >= 11 is 1.80. The van der Waals surface area contributed by atoms with Crippen LogP contribution >= 0.6 is 11.8 Å². The fourth-order valence-corrected chi connectivity index (χ4v) is 2.81. The molecule has 0 radical (unpaired) electrons. The third-order valence-corrected chi connectivity index (χ3v) is 4.75. The average Bonchev–Trinajstić information content (AvgIpc) is 2.51. The number of carboxylic acids is 1. The Labute approximate surface area is 136 Å². The molecule has 0 atom stereocenters. The van der Waals surface area contributed by atoms with E-state index in [0.29, 0.717) is 18.5 Å². The molecule has 122 valence electrons. The van der Waals surface area contributed by atoms with Crippen LogP contribution in [0.2, 0.25) is 0 Å². The van der Waals surface area contributed by atoms with Gasteiger partial charge in [0, 0.05) is 12.1 Å². The molecule has 1 rings (SSSR count). The molecule has 0 aliphatic heterocycles. The molecule has 0 unspecified atom stereocenters. The van der Waals surface area contributed by atoms with Gasteiger partial charge in [-0.1, -0.05) is 26.0 Å². The molecule has 0 heterocycles. The molecule has 5 heteroatoms. The van der Waals surface area contributed by atoms with Gasteiger partial charge in [-0.15, -0.1) is 0 Å². The number of anilines is 1. The summed E-state index contributed by atoms with van der Waals surface area (Å²) in [5.74, 6) is -0.0807. The molecule has 0 aromatic heterocycles. The molecule has 0 bridgehead atoms. The molecule has 0 saturated carbocycles. The van der Waals surface area contributed by atoms with Crippen molar-refractivity contribution in [2.45, 2.75) is 39.5 Å². The maximum Gasteiger partial charge on any atom is 0.310 e. The Morgan fingerprint density at radius 1 is 1.18 bits per heavy atom. The van der Waals surface area contributed by atoms with E-state index in [1.54, 1.807) is 11.8 Å². The largest absolute Gasteiger partial charge is 0.481 e. The number of carboxylic acid groups (broad SMARTS) is 1. The minimum absolute atomic E-state index is 0.00353. The normalized spacial score (nSPS) is 11.2. The number of thioether (sulfide) groups is 1. The van der Waals surface area contributed by atoms with Crippen molar-refractivity contribution in [2.24, 2.45) is 5.41 Å². The van der Waals surface area contributed by atoms with Crippen molar-refractivity contribution >= 4 is 29.3 Å². The number of carbonyl (C=O) groups is 2. The van der Waals surface area contributed by atoms with Crippen LogP contribution in [0.5, 0.6) is 0 Å². The summed E-state index contributed by atoms with van der Waals surface area (Å²) in [5.41, 5.74) is 0.973. The quantitative estimate of drug-likeness (QED) is 0.725. The van der Waals surface area contributed by atoms with Crippen LogP contribution in [-0.2, 0) is 16.0 Å². The fourth-order valence-electron chi connectivity index (χ4n) is 2.37. The molecule has 0 aliphatic rings. The SMILES string of the molecule is CCC(CC)(CC(=O)Nc1ccc(CCSC)cc1)C(=O)O. The van der Waals surface area contributed by atoms with E-state index in [2.05, 4.69) is 11.6 Å². The molecule has 0 spiro atoms. The molecular weight excluding hydrogens is 298 g/mol. The van der Waals surface area contributed by atoms with Crippen LogP contribution in [0.1, 0.15) is 38.7 Å².